The molecule has 4 rings (SSSR count). The van der Waals surface area contributed by atoms with Gasteiger partial charge in [0.1, 0.15) is 0 Å². The van der Waals surface area contributed by atoms with Crippen LogP contribution in [0.2, 0.25) is 0 Å². The zero-order chi connectivity index (χ0) is 17.2. The van der Waals surface area contributed by atoms with Crippen molar-refractivity contribution in [2.75, 3.05) is 5.32 Å². The van der Waals surface area contributed by atoms with E-state index in [0.717, 1.165) is 37.3 Å². The second-order valence-corrected chi connectivity index (χ2v) is 6.69. The van der Waals surface area contributed by atoms with Crippen molar-refractivity contribution in [3.8, 4) is 5.69 Å². The van der Waals surface area contributed by atoms with Crippen LogP contribution in [0.5, 0.6) is 0 Å². The summed E-state index contributed by atoms with van der Waals surface area (Å²) in [5, 5.41) is 23.5. The van der Waals surface area contributed by atoms with Crippen molar-refractivity contribution in [3.05, 3.63) is 41.6 Å². The largest absolute Gasteiger partial charge is 0.426 e. The summed E-state index contributed by atoms with van der Waals surface area (Å²) in [5.41, 5.74) is 2.16. The predicted octanol–water partition coefficient (Wildman–Crippen LogP) is 2.49. The van der Waals surface area contributed by atoms with Crippen LogP contribution in [0.1, 0.15) is 36.6 Å². The Kier molecular flexibility index (Phi) is 4.17. The molecule has 1 saturated carbocycles. The lowest BCUT2D eigenvalue weighted by molar-refractivity contribution is 0.416. The molecule has 2 atom stereocenters. The molecule has 3 aromatic rings. The van der Waals surface area contributed by atoms with Gasteiger partial charge in [0.2, 0.25) is 17.7 Å². The Balaban J connectivity index is 1.40. The van der Waals surface area contributed by atoms with Crippen LogP contribution in [-0.4, -0.2) is 36.4 Å². The predicted molar refractivity (Wildman–Crippen MR) is 91.4 cm³/mol. The van der Waals surface area contributed by atoms with Crippen molar-refractivity contribution < 1.29 is 4.42 Å². The van der Waals surface area contributed by atoms with Gasteiger partial charge >= 0.3 is 0 Å². The molecule has 0 amide bonds. The summed E-state index contributed by atoms with van der Waals surface area (Å²) in [6.07, 6.45) is 4.09. The summed E-state index contributed by atoms with van der Waals surface area (Å²) < 4.78 is 7.24. The van der Waals surface area contributed by atoms with Gasteiger partial charge in [0, 0.05) is 19.4 Å². The highest BCUT2D eigenvalue weighted by Gasteiger charge is 2.27. The van der Waals surface area contributed by atoms with Crippen molar-refractivity contribution in [2.24, 2.45) is 5.92 Å². The van der Waals surface area contributed by atoms with Crippen LogP contribution in [0.25, 0.3) is 5.69 Å². The van der Waals surface area contributed by atoms with Crippen LogP contribution in [0.15, 0.2) is 28.7 Å². The van der Waals surface area contributed by atoms with Crippen LogP contribution in [0.4, 0.5) is 5.95 Å². The van der Waals surface area contributed by atoms with Gasteiger partial charge in [-0.05, 0) is 54.7 Å². The maximum absolute atomic E-state index is 5.49. The van der Waals surface area contributed by atoms with Gasteiger partial charge in [-0.25, -0.2) is 0 Å². The molecular formula is C17H21N7O. The Labute approximate surface area is 145 Å². The maximum Gasteiger partial charge on any atom is 0.247 e. The lowest BCUT2D eigenvalue weighted by Crippen LogP contribution is -2.19. The highest BCUT2D eigenvalue weighted by molar-refractivity contribution is 5.40. The van der Waals surface area contributed by atoms with E-state index in [1.54, 1.807) is 4.68 Å². The molecule has 0 bridgehead atoms. The fraction of sp³-hybridized carbons (Fsp3) is 0.471. The fourth-order valence-corrected chi connectivity index (χ4v) is 3.38. The molecular weight excluding hydrogens is 318 g/mol. The minimum atomic E-state index is 0.351. The summed E-state index contributed by atoms with van der Waals surface area (Å²) in [6.45, 7) is 3.88. The third-order valence-electron chi connectivity index (χ3n) is 4.65. The van der Waals surface area contributed by atoms with Gasteiger partial charge in [-0.3, -0.25) is 0 Å². The van der Waals surface area contributed by atoms with E-state index < -0.39 is 0 Å². The van der Waals surface area contributed by atoms with E-state index >= 15 is 0 Å². The number of rotatable bonds is 5. The molecule has 1 aliphatic rings. The van der Waals surface area contributed by atoms with E-state index in [2.05, 4.69) is 50.1 Å². The first-order valence-electron chi connectivity index (χ1n) is 8.58. The Bertz CT molecular complexity index is 839. The normalized spacial score (nSPS) is 20.1. The van der Waals surface area contributed by atoms with E-state index in [-0.39, 0.29) is 0 Å². The lowest BCUT2D eigenvalue weighted by atomic mass is 10.0. The number of hydrogen-bond donors (Lipinski definition) is 1. The van der Waals surface area contributed by atoms with Gasteiger partial charge < -0.3 is 9.73 Å². The summed E-state index contributed by atoms with van der Waals surface area (Å²) in [7, 11) is 0. The molecule has 2 aromatic heterocycles. The van der Waals surface area contributed by atoms with Gasteiger partial charge in [0.05, 0.1) is 5.69 Å². The number of nitrogens with one attached hydrogen (secondary N) is 1. The molecule has 1 aromatic carbocycles. The highest BCUT2D eigenvalue weighted by atomic mass is 16.4. The van der Waals surface area contributed by atoms with Crippen molar-refractivity contribution in [3.63, 3.8) is 0 Å². The van der Waals surface area contributed by atoms with Gasteiger partial charge in [-0.15, -0.1) is 10.2 Å². The molecule has 130 valence electrons. The van der Waals surface area contributed by atoms with E-state index in [0.29, 0.717) is 23.8 Å². The molecule has 1 fully saturated rings. The smallest absolute Gasteiger partial charge is 0.247 e. The average Bonchev–Trinajstić information content (AvgIpc) is 3.32. The van der Waals surface area contributed by atoms with Crippen LogP contribution < -0.4 is 5.32 Å². The van der Waals surface area contributed by atoms with Gasteiger partial charge in [0.15, 0.2) is 0 Å². The lowest BCUT2D eigenvalue weighted by Gasteiger charge is -2.13. The molecule has 25 heavy (non-hydrogen) atoms. The summed E-state index contributed by atoms with van der Waals surface area (Å²) in [4.78, 5) is 0. The van der Waals surface area contributed by atoms with Crippen molar-refractivity contribution in [1.82, 2.24) is 30.4 Å². The van der Waals surface area contributed by atoms with Crippen molar-refractivity contribution >= 4 is 5.95 Å². The van der Waals surface area contributed by atoms with Crippen LogP contribution in [0, 0.1) is 19.8 Å². The molecule has 8 nitrogen and oxygen atoms in total. The minimum absolute atomic E-state index is 0.351. The number of nitrogens with zero attached hydrogens (tertiary/aromatic N) is 6. The molecule has 0 radical (unpaired) electrons. The highest BCUT2D eigenvalue weighted by Crippen LogP contribution is 2.30. The number of tetrazole rings is 1. The first kappa shape index (κ1) is 15.7. The van der Waals surface area contributed by atoms with E-state index in [9.17, 15) is 0 Å². The second-order valence-electron chi connectivity index (χ2n) is 6.69. The van der Waals surface area contributed by atoms with Gasteiger partial charge in [-0.1, -0.05) is 22.8 Å². The molecule has 0 aliphatic heterocycles. The molecule has 0 spiro atoms. The van der Waals surface area contributed by atoms with Crippen molar-refractivity contribution in [1.29, 1.82) is 0 Å². The molecule has 1 N–H and O–H groups in total. The molecule has 0 unspecified atom stereocenters. The maximum atomic E-state index is 5.49. The van der Waals surface area contributed by atoms with Crippen LogP contribution >= 0.6 is 0 Å². The SMILES string of the molecule is Cc1ccc(-n2nnnc2N[C@H]2CC[C@@H](Cc3nnc(C)o3)C2)cc1. The Morgan fingerprint density at radius 1 is 1.12 bits per heavy atom. The molecule has 2 heterocycles. The summed E-state index contributed by atoms with van der Waals surface area (Å²) in [5.74, 6) is 2.58. The Morgan fingerprint density at radius 2 is 1.96 bits per heavy atom. The first-order valence-corrected chi connectivity index (χ1v) is 8.58. The third kappa shape index (κ3) is 3.52. The number of benzene rings is 1. The quantitative estimate of drug-likeness (QED) is 0.763. The zero-order valence-electron chi connectivity index (χ0n) is 14.4. The van der Waals surface area contributed by atoms with E-state index in [1.807, 2.05) is 19.1 Å². The third-order valence-corrected chi connectivity index (χ3v) is 4.65. The average molecular weight is 339 g/mol. The number of anilines is 1. The second kappa shape index (κ2) is 6.62. The van der Waals surface area contributed by atoms with Crippen LogP contribution in [0.3, 0.4) is 0 Å². The monoisotopic (exact) mass is 339 g/mol. The first-order chi connectivity index (χ1) is 12.2. The topological polar surface area (TPSA) is 94.6 Å². The summed E-state index contributed by atoms with van der Waals surface area (Å²) in [6, 6.07) is 8.50. The number of aryl methyl sites for hydroxylation is 2. The standard InChI is InChI=1S/C17H21N7O/c1-11-3-7-15(8-4-11)24-17(21-22-23-24)18-14-6-5-13(9-14)10-16-20-19-12(2)25-16/h3-4,7-8,13-14H,5-6,9-10H2,1-2H3,(H,18,21,23)/t13-,14+/m1/s1. The van der Waals surface area contributed by atoms with Crippen LogP contribution in [-0.2, 0) is 6.42 Å². The zero-order valence-corrected chi connectivity index (χ0v) is 14.4. The van der Waals surface area contributed by atoms with E-state index in [1.165, 1.54) is 5.56 Å². The van der Waals surface area contributed by atoms with Crippen molar-refractivity contribution in [2.45, 2.75) is 45.6 Å². The Hall–Kier alpha value is -2.77. The molecule has 8 heteroatoms. The fourth-order valence-electron chi connectivity index (χ4n) is 3.38. The number of aromatic nitrogens is 6. The molecule has 1 aliphatic carbocycles. The minimum Gasteiger partial charge on any atom is -0.426 e. The van der Waals surface area contributed by atoms with Gasteiger partial charge in [-0.2, -0.15) is 4.68 Å². The Morgan fingerprint density at radius 3 is 2.72 bits per heavy atom. The molecule has 0 saturated heterocycles. The van der Waals surface area contributed by atoms with Gasteiger partial charge in [0.25, 0.3) is 0 Å². The summed E-state index contributed by atoms with van der Waals surface area (Å²) >= 11 is 0. The van der Waals surface area contributed by atoms with E-state index in [4.69, 9.17) is 4.42 Å². The number of hydrogen-bond acceptors (Lipinski definition) is 7.